The number of carbonyl (C=O) groups excluding carboxylic acids is 2. The summed E-state index contributed by atoms with van der Waals surface area (Å²) in [4.78, 5) is 25.3. The van der Waals surface area contributed by atoms with Crippen LogP contribution in [-0.2, 0) is 16.0 Å². The predicted molar refractivity (Wildman–Crippen MR) is 91.7 cm³/mol. The summed E-state index contributed by atoms with van der Waals surface area (Å²) in [5.74, 6) is -0.556. The minimum absolute atomic E-state index is 0.0184. The molecule has 0 saturated heterocycles. The van der Waals surface area contributed by atoms with Crippen LogP contribution < -0.4 is 15.5 Å². The fraction of sp³-hybridized carbons (Fsp3) is 0.222. The maximum absolute atomic E-state index is 13.1. The van der Waals surface area contributed by atoms with Crippen LogP contribution in [0.1, 0.15) is 12.5 Å². The highest BCUT2D eigenvalue weighted by molar-refractivity contribution is 5.96. The van der Waals surface area contributed by atoms with E-state index in [1.54, 1.807) is 30.0 Å². The second-order valence-corrected chi connectivity index (χ2v) is 5.68. The van der Waals surface area contributed by atoms with Crippen LogP contribution in [0.4, 0.5) is 21.5 Å². The average molecular weight is 327 g/mol. The fourth-order valence-corrected chi connectivity index (χ4v) is 2.79. The summed E-state index contributed by atoms with van der Waals surface area (Å²) in [6.07, 6.45) is 0.778. The monoisotopic (exact) mass is 327 g/mol. The first kappa shape index (κ1) is 16.0. The summed E-state index contributed by atoms with van der Waals surface area (Å²) >= 11 is 0. The Balaban J connectivity index is 1.60. The normalized spacial score (nSPS) is 12.7. The molecule has 2 aromatic rings. The molecule has 0 fully saturated rings. The molecule has 0 radical (unpaired) electrons. The molecule has 2 N–H and O–H groups in total. The van der Waals surface area contributed by atoms with E-state index < -0.39 is 0 Å². The number of nitrogens with zero attached hydrogens (tertiary/aromatic N) is 1. The van der Waals surface area contributed by atoms with E-state index >= 15 is 0 Å². The van der Waals surface area contributed by atoms with E-state index in [2.05, 4.69) is 10.6 Å². The van der Waals surface area contributed by atoms with Crippen molar-refractivity contribution in [3.63, 3.8) is 0 Å². The van der Waals surface area contributed by atoms with E-state index in [1.807, 2.05) is 12.1 Å². The third-order valence-corrected chi connectivity index (χ3v) is 3.92. The molecular formula is C18H18FN3O2. The van der Waals surface area contributed by atoms with Crippen LogP contribution >= 0.6 is 0 Å². The Morgan fingerprint density at radius 2 is 2.00 bits per heavy atom. The minimum Gasteiger partial charge on any atom is -0.376 e. The number of nitrogens with one attached hydrogen (secondary N) is 2. The molecule has 0 unspecified atom stereocenters. The van der Waals surface area contributed by atoms with Crippen molar-refractivity contribution in [3.8, 4) is 0 Å². The third kappa shape index (κ3) is 3.53. The molecule has 24 heavy (non-hydrogen) atoms. The van der Waals surface area contributed by atoms with Gasteiger partial charge in [0.2, 0.25) is 11.8 Å². The Hall–Kier alpha value is -2.89. The van der Waals surface area contributed by atoms with E-state index in [0.29, 0.717) is 17.9 Å². The number of anilines is 3. The molecular weight excluding hydrogens is 309 g/mol. The highest BCUT2D eigenvalue weighted by Gasteiger charge is 2.22. The molecule has 124 valence electrons. The molecule has 1 aliphatic rings. The first-order chi connectivity index (χ1) is 11.5. The third-order valence-electron chi connectivity index (χ3n) is 3.92. The number of fused-ring (bicyclic) bond motifs is 1. The largest absolute Gasteiger partial charge is 0.376 e. The Kier molecular flexibility index (Phi) is 4.46. The van der Waals surface area contributed by atoms with Crippen molar-refractivity contribution in [3.05, 3.63) is 53.8 Å². The SMILES string of the molecule is CC(=O)N1CCc2cc(NC(=O)CNc3cccc(F)c3)ccc21. The van der Waals surface area contributed by atoms with Crippen molar-refractivity contribution in [1.29, 1.82) is 0 Å². The van der Waals surface area contributed by atoms with Gasteiger partial charge in [0.05, 0.1) is 6.54 Å². The van der Waals surface area contributed by atoms with Crippen LogP contribution in [0.5, 0.6) is 0 Å². The molecule has 1 aliphatic heterocycles. The van der Waals surface area contributed by atoms with Gasteiger partial charge in [-0.2, -0.15) is 0 Å². The number of benzene rings is 2. The van der Waals surface area contributed by atoms with Gasteiger partial charge < -0.3 is 15.5 Å². The number of hydrogen-bond acceptors (Lipinski definition) is 3. The molecule has 0 aliphatic carbocycles. The molecule has 2 amide bonds. The van der Waals surface area contributed by atoms with Crippen molar-refractivity contribution in [2.75, 3.05) is 28.6 Å². The number of rotatable bonds is 4. The van der Waals surface area contributed by atoms with E-state index in [0.717, 1.165) is 17.7 Å². The second kappa shape index (κ2) is 6.70. The maximum Gasteiger partial charge on any atom is 0.243 e. The lowest BCUT2D eigenvalue weighted by atomic mass is 10.1. The van der Waals surface area contributed by atoms with Crippen LogP contribution in [0.15, 0.2) is 42.5 Å². The first-order valence-electron chi connectivity index (χ1n) is 7.73. The quantitative estimate of drug-likeness (QED) is 0.908. The van der Waals surface area contributed by atoms with Crippen LogP contribution in [-0.4, -0.2) is 24.9 Å². The van der Waals surface area contributed by atoms with Gasteiger partial charge in [-0.05, 0) is 48.4 Å². The average Bonchev–Trinajstić information content (AvgIpc) is 2.96. The number of halogens is 1. The lowest BCUT2D eigenvalue weighted by molar-refractivity contribution is -0.116. The van der Waals surface area contributed by atoms with Crippen LogP contribution in [0.25, 0.3) is 0 Å². The van der Waals surface area contributed by atoms with Gasteiger partial charge in [0.25, 0.3) is 0 Å². The van der Waals surface area contributed by atoms with Gasteiger partial charge in [-0.25, -0.2) is 4.39 Å². The predicted octanol–water partition coefficient (Wildman–Crippen LogP) is 2.79. The molecule has 1 heterocycles. The van der Waals surface area contributed by atoms with Crippen molar-refractivity contribution in [2.24, 2.45) is 0 Å². The summed E-state index contributed by atoms with van der Waals surface area (Å²) in [5, 5.41) is 5.68. The zero-order valence-electron chi connectivity index (χ0n) is 13.3. The zero-order valence-corrected chi connectivity index (χ0v) is 13.3. The summed E-state index contributed by atoms with van der Waals surface area (Å²) in [6, 6.07) is 11.5. The van der Waals surface area contributed by atoms with Gasteiger partial charge in [-0.1, -0.05) is 6.07 Å². The van der Waals surface area contributed by atoms with Gasteiger partial charge >= 0.3 is 0 Å². The lowest BCUT2D eigenvalue weighted by Gasteiger charge is -2.15. The maximum atomic E-state index is 13.1. The van der Waals surface area contributed by atoms with Crippen molar-refractivity contribution >= 4 is 28.9 Å². The lowest BCUT2D eigenvalue weighted by Crippen LogP contribution is -2.25. The summed E-state index contributed by atoms with van der Waals surface area (Å²) in [6.45, 7) is 2.26. The van der Waals surface area contributed by atoms with Crippen molar-refractivity contribution in [2.45, 2.75) is 13.3 Å². The molecule has 5 nitrogen and oxygen atoms in total. The van der Waals surface area contributed by atoms with Crippen LogP contribution in [0.2, 0.25) is 0 Å². The van der Waals surface area contributed by atoms with E-state index in [4.69, 9.17) is 0 Å². The van der Waals surface area contributed by atoms with E-state index in [1.165, 1.54) is 12.1 Å². The first-order valence-corrected chi connectivity index (χ1v) is 7.73. The Morgan fingerprint density at radius 3 is 2.75 bits per heavy atom. The standard InChI is InChI=1S/C18H18FN3O2/c1-12(23)22-8-7-13-9-16(5-6-17(13)22)21-18(24)11-20-15-4-2-3-14(19)10-15/h2-6,9-10,20H,7-8,11H2,1H3,(H,21,24). The molecule has 2 aromatic carbocycles. The van der Waals surface area contributed by atoms with Crippen LogP contribution in [0.3, 0.4) is 0 Å². The van der Waals surface area contributed by atoms with Crippen molar-refractivity contribution < 1.29 is 14.0 Å². The van der Waals surface area contributed by atoms with Gasteiger partial charge in [-0.3, -0.25) is 9.59 Å². The molecule has 0 aromatic heterocycles. The van der Waals surface area contributed by atoms with Gasteiger partial charge in [0.15, 0.2) is 0 Å². The molecule has 0 spiro atoms. The highest BCUT2D eigenvalue weighted by atomic mass is 19.1. The second-order valence-electron chi connectivity index (χ2n) is 5.68. The highest BCUT2D eigenvalue weighted by Crippen LogP contribution is 2.30. The summed E-state index contributed by atoms with van der Waals surface area (Å²) < 4.78 is 13.1. The molecule has 0 bridgehead atoms. The number of carbonyl (C=O) groups is 2. The van der Waals surface area contributed by atoms with Gasteiger partial charge in [0.1, 0.15) is 5.82 Å². The number of hydrogen-bond donors (Lipinski definition) is 2. The summed E-state index contributed by atoms with van der Waals surface area (Å²) in [5.41, 5.74) is 3.18. The molecule has 3 rings (SSSR count). The minimum atomic E-state index is -0.353. The van der Waals surface area contributed by atoms with Crippen LogP contribution in [0, 0.1) is 5.82 Å². The van der Waals surface area contributed by atoms with Crippen molar-refractivity contribution in [1.82, 2.24) is 0 Å². The molecule has 0 saturated carbocycles. The van der Waals surface area contributed by atoms with Gasteiger partial charge in [0, 0.05) is 30.5 Å². The zero-order chi connectivity index (χ0) is 17.1. The Morgan fingerprint density at radius 1 is 1.17 bits per heavy atom. The molecule has 0 atom stereocenters. The Labute approximate surface area is 139 Å². The summed E-state index contributed by atoms with van der Waals surface area (Å²) in [7, 11) is 0. The number of amides is 2. The van der Waals surface area contributed by atoms with E-state index in [9.17, 15) is 14.0 Å². The molecule has 6 heteroatoms. The fourth-order valence-electron chi connectivity index (χ4n) is 2.79. The Bertz CT molecular complexity index is 792. The topological polar surface area (TPSA) is 61.4 Å². The smallest absolute Gasteiger partial charge is 0.243 e. The van der Waals surface area contributed by atoms with Gasteiger partial charge in [-0.15, -0.1) is 0 Å². The van der Waals surface area contributed by atoms with E-state index in [-0.39, 0.29) is 24.2 Å².